The van der Waals surface area contributed by atoms with Gasteiger partial charge >= 0.3 is 0 Å². The molecule has 2 nitrogen and oxygen atoms in total. The smallest absolute Gasteiger partial charge is 0.160 e. The Labute approximate surface area is 79.7 Å². The maximum atomic E-state index is 12.7. The lowest BCUT2D eigenvalue weighted by Crippen LogP contribution is -1.94. The molecule has 0 aromatic heterocycles. The van der Waals surface area contributed by atoms with Gasteiger partial charge in [-0.1, -0.05) is 11.8 Å². The Hall–Kier alpha value is -1.89. The quantitative estimate of drug-likeness (QED) is 0.419. The highest BCUT2D eigenvalue weighted by Crippen LogP contribution is 2.15. The van der Waals surface area contributed by atoms with Crippen LogP contribution in [0, 0.1) is 23.5 Å². The van der Waals surface area contributed by atoms with E-state index in [4.69, 9.17) is 5.73 Å². The van der Waals surface area contributed by atoms with Crippen LogP contribution in [0.15, 0.2) is 12.1 Å². The first-order chi connectivity index (χ1) is 6.65. The number of aldehydes is 1. The minimum atomic E-state index is -1.01. The molecule has 1 aromatic carbocycles. The van der Waals surface area contributed by atoms with Crippen molar-refractivity contribution < 1.29 is 13.6 Å². The Kier molecular flexibility index (Phi) is 3.19. The molecule has 0 saturated carbocycles. The number of rotatable bonds is 1. The molecule has 1 rings (SSSR count). The normalized spacial score (nSPS) is 9.00. The van der Waals surface area contributed by atoms with Crippen molar-refractivity contribution in [3.05, 3.63) is 29.3 Å². The third kappa shape index (κ3) is 2.30. The van der Waals surface area contributed by atoms with Crippen molar-refractivity contribution >= 4 is 12.0 Å². The predicted octanol–water partition coefficient (Wildman–Crippen LogP) is 1.49. The third-order valence-electron chi connectivity index (χ3n) is 1.50. The molecule has 0 aliphatic carbocycles. The Morgan fingerprint density at radius 2 is 2.00 bits per heavy atom. The number of carbonyl (C=O) groups is 1. The first-order valence-electron chi connectivity index (χ1n) is 3.82. The summed E-state index contributed by atoms with van der Waals surface area (Å²) in [5.41, 5.74) is 5.62. The summed E-state index contributed by atoms with van der Waals surface area (Å²) in [5.74, 6) is 2.90. The van der Waals surface area contributed by atoms with E-state index >= 15 is 0 Å². The molecule has 0 fully saturated rings. The lowest BCUT2D eigenvalue weighted by molar-refractivity contribution is -0.107. The highest BCUT2D eigenvalue weighted by Gasteiger charge is 2.05. The molecule has 0 amide bonds. The van der Waals surface area contributed by atoms with Crippen LogP contribution in [0.5, 0.6) is 0 Å². The van der Waals surface area contributed by atoms with E-state index in [1.165, 1.54) is 0 Å². The van der Waals surface area contributed by atoms with Gasteiger partial charge < -0.3 is 10.5 Å². The van der Waals surface area contributed by atoms with Gasteiger partial charge in [0.05, 0.1) is 17.7 Å². The van der Waals surface area contributed by atoms with E-state index in [9.17, 15) is 13.6 Å². The van der Waals surface area contributed by atoms with Crippen molar-refractivity contribution in [3.8, 4) is 11.8 Å². The number of hydrogen-bond donors (Lipinski definition) is 1. The molecule has 0 aliphatic rings. The monoisotopic (exact) mass is 195 g/mol. The molecule has 4 heteroatoms. The zero-order chi connectivity index (χ0) is 10.6. The van der Waals surface area contributed by atoms with Gasteiger partial charge in [-0.3, -0.25) is 0 Å². The predicted molar refractivity (Wildman–Crippen MR) is 48.3 cm³/mol. The first-order valence-corrected chi connectivity index (χ1v) is 3.82. The zero-order valence-electron chi connectivity index (χ0n) is 7.18. The van der Waals surface area contributed by atoms with Crippen molar-refractivity contribution in [1.29, 1.82) is 0 Å². The molecular formula is C10H7F2NO. The number of nitrogen functional groups attached to an aromatic ring is 1. The molecule has 0 unspecified atom stereocenters. The molecule has 1 aromatic rings. The van der Waals surface area contributed by atoms with Crippen LogP contribution in [0.25, 0.3) is 0 Å². The van der Waals surface area contributed by atoms with Crippen molar-refractivity contribution in [2.75, 3.05) is 5.73 Å². The molecular weight excluding hydrogens is 188 g/mol. The van der Waals surface area contributed by atoms with Gasteiger partial charge in [-0.15, -0.1) is 0 Å². The van der Waals surface area contributed by atoms with Crippen LogP contribution in [0.1, 0.15) is 12.0 Å². The maximum absolute atomic E-state index is 12.7. The molecule has 72 valence electrons. The summed E-state index contributed by atoms with van der Waals surface area (Å²) in [6, 6.07) is 1.77. The standard InChI is InChI=1S/C10H7F2NO/c11-8-5-7(3-1-2-4-14)10(13)6-9(8)12/h4-6H,2,13H2. The number of benzene rings is 1. The van der Waals surface area contributed by atoms with E-state index in [0.717, 1.165) is 12.1 Å². The van der Waals surface area contributed by atoms with Gasteiger partial charge in [0.25, 0.3) is 0 Å². The number of hydrogen-bond acceptors (Lipinski definition) is 2. The third-order valence-corrected chi connectivity index (χ3v) is 1.50. The van der Waals surface area contributed by atoms with Crippen LogP contribution in [-0.4, -0.2) is 6.29 Å². The van der Waals surface area contributed by atoms with Gasteiger partial charge in [-0.2, -0.15) is 0 Å². The molecule has 0 spiro atoms. The molecule has 2 N–H and O–H groups in total. The Morgan fingerprint density at radius 1 is 1.36 bits per heavy atom. The SMILES string of the molecule is Nc1cc(F)c(F)cc1C#CCC=O. The Balaban J connectivity index is 3.05. The van der Waals surface area contributed by atoms with Crippen molar-refractivity contribution in [2.45, 2.75) is 6.42 Å². The van der Waals surface area contributed by atoms with Crippen LogP contribution < -0.4 is 5.73 Å². The second kappa shape index (κ2) is 4.38. The lowest BCUT2D eigenvalue weighted by atomic mass is 10.1. The molecule has 0 aliphatic heterocycles. The molecule has 0 atom stereocenters. The van der Waals surface area contributed by atoms with Gasteiger partial charge in [0.1, 0.15) is 6.29 Å². The summed E-state index contributed by atoms with van der Waals surface area (Å²) in [6.45, 7) is 0. The van der Waals surface area contributed by atoms with E-state index in [2.05, 4.69) is 11.8 Å². The number of anilines is 1. The van der Waals surface area contributed by atoms with Crippen LogP contribution in [0.4, 0.5) is 14.5 Å². The molecule has 14 heavy (non-hydrogen) atoms. The fourth-order valence-electron chi connectivity index (χ4n) is 0.858. The average Bonchev–Trinajstić information content (AvgIpc) is 2.14. The van der Waals surface area contributed by atoms with Crippen LogP contribution >= 0.6 is 0 Å². The first kappa shape index (κ1) is 10.2. The van der Waals surface area contributed by atoms with E-state index < -0.39 is 11.6 Å². The molecule has 0 saturated heterocycles. The van der Waals surface area contributed by atoms with E-state index in [1.54, 1.807) is 0 Å². The van der Waals surface area contributed by atoms with Crippen molar-refractivity contribution in [3.63, 3.8) is 0 Å². The van der Waals surface area contributed by atoms with E-state index in [1.807, 2.05) is 0 Å². The zero-order valence-corrected chi connectivity index (χ0v) is 7.18. The summed E-state index contributed by atoms with van der Waals surface area (Å²) in [5, 5.41) is 0. The highest BCUT2D eigenvalue weighted by molar-refractivity contribution is 5.59. The summed E-state index contributed by atoms with van der Waals surface area (Å²) in [6.07, 6.45) is 0.654. The topological polar surface area (TPSA) is 43.1 Å². The summed E-state index contributed by atoms with van der Waals surface area (Å²) >= 11 is 0. The van der Waals surface area contributed by atoms with Crippen LogP contribution in [0.3, 0.4) is 0 Å². The van der Waals surface area contributed by atoms with E-state index in [-0.39, 0.29) is 17.7 Å². The summed E-state index contributed by atoms with van der Waals surface area (Å²) in [7, 11) is 0. The second-order valence-electron chi connectivity index (χ2n) is 2.53. The molecule has 0 bridgehead atoms. The summed E-state index contributed by atoms with van der Waals surface area (Å²) in [4.78, 5) is 9.93. The molecule has 0 heterocycles. The Morgan fingerprint density at radius 3 is 2.64 bits per heavy atom. The fourth-order valence-corrected chi connectivity index (χ4v) is 0.858. The van der Waals surface area contributed by atoms with Crippen LogP contribution in [-0.2, 0) is 4.79 Å². The number of halogens is 2. The van der Waals surface area contributed by atoms with Crippen LogP contribution in [0.2, 0.25) is 0 Å². The van der Waals surface area contributed by atoms with Gasteiger partial charge in [-0.05, 0) is 6.07 Å². The number of nitrogens with two attached hydrogens (primary N) is 1. The van der Waals surface area contributed by atoms with Gasteiger partial charge in [0.15, 0.2) is 11.6 Å². The van der Waals surface area contributed by atoms with E-state index in [0.29, 0.717) is 6.29 Å². The fraction of sp³-hybridized carbons (Fsp3) is 0.100. The largest absolute Gasteiger partial charge is 0.398 e. The maximum Gasteiger partial charge on any atom is 0.160 e. The lowest BCUT2D eigenvalue weighted by Gasteiger charge is -1.98. The Bertz CT molecular complexity index is 418. The van der Waals surface area contributed by atoms with Gasteiger partial charge in [0, 0.05) is 6.07 Å². The average molecular weight is 195 g/mol. The number of carbonyl (C=O) groups excluding carboxylic acids is 1. The minimum Gasteiger partial charge on any atom is -0.398 e. The second-order valence-corrected chi connectivity index (χ2v) is 2.53. The van der Waals surface area contributed by atoms with Gasteiger partial charge in [0.2, 0.25) is 0 Å². The molecule has 0 radical (unpaired) electrons. The van der Waals surface area contributed by atoms with Crippen molar-refractivity contribution in [2.24, 2.45) is 0 Å². The minimum absolute atomic E-state index is 0.0401. The van der Waals surface area contributed by atoms with Gasteiger partial charge in [-0.25, -0.2) is 8.78 Å². The van der Waals surface area contributed by atoms with Crippen molar-refractivity contribution in [1.82, 2.24) is 0 Å². The highest BCUT2D eigenvalue weighted by atomic mass is 19.2. The summed E-state index contributed by atoms with van der Waals surface area (Å²) < 4.78 is 25.3.